The van der Waals surface area contributed by atoms with Crippen LogP contribution in [0.3, 0.4) is 0 Å². The highest BCUT2D eigenvalue weighted by atomic mass is 19.1. The minimum absolute atomic E-state index is 0.0243. The van der Waals surface area contributed by atoms with Gasteiger partial charge in [-0.2, -0.15) is 0 Å². The van der Waals surface area contributed by atoms with E-state index in [1.165, 1.54) is 6.07 Å². The van der Waals surface area contributed by atoms with Crippen LogP contribution in [-0.2, 0) is 4.79 Å². The van der Waals surface area contributed by atoms with Crippen molar-refractivity contribution in [3.8, 4) is 5.75 Å². The molecule has 0 aliphatic heterocycles. The lowest BCUT2D eigenvalue weighted by atomic mass is 9.91. The SMILES string of the molecule is Cc1ccc(OCC(=O)NC2CCC(NC(=O)c3cc4ccncc4o3)CC2)cc1F. The van der Waals surface area contributed by atoms with Crippen LogP contribution in [0.1, 0.15) is 41.8 Å². The second-order valence-electron chi connectivity index (χ2n) is 7.81. The first-order chi connectivity index (χ1) is 15.0. The molecule has 2 aromatic heterocycles. The van der Waals surface area contributed by atoms with Gasteiger partial charge in [0.1, 0.15) is 11.6 Å². The van der Waals surface area contributed by atoms with Gasteiger partial charge in [-0.05, 0) is 56.4 Å². The van der Waals surface area contributed by atoms with Crippen molar-refractivity contribution in [1.82, 2.24) is 15.6 Å². The molecule has 3 aromatic rings. The number of nitrogens with zero attached hydrogens (tertiary/aromatic N) is 1. The largest absolute Gasteiger partial charge is 0.484 e. The van der Waals surface area contributed by atoms with Crippen molar-refractivity contribution in [3.05, 3.63) is 59.9 Å². The van der Waals surface area contributed by atoms with E-state index in [1.807, 2.05) is 0 Å². The Labute approximate surface area is 179 Å². The minimum atomic E-state index is -0.363. The maximum Gasteiger partial charge on any atom is 0.287 e. The molecular formula is C23H24FN3O4. The van der Waals surface area contributed by atoms with E-state index in [9.17, 15) is 14.0 Å². The first kappa shape index (κ1) is 20.8. The van der Waals surface area contributed by atoms with Gasteiger partial charge >= 0.3 is 0 Å². The summed E-state index contributed by atoms with van der Waals surface area (Å²) in [4.78, 5) is 28.6. The van der Waals surface area contributed by atoms with E-state index in [0.29, 0.717) is 16.9 Å². The Hall–Kier alpha value is -3.42. The highest BCUT2D eigenvalue weighted by molar-refractivity contribution is 5.96. The second kappa shape index (κ2) is 9.16. The number of aryl methyl sites for hydroxylation is 1. The number of fused-ring (bicyclic) bond motifs is 1. The number of nitrogens with one attached hydrogen (secondary N) is 2. The fourth-order valence-corrected chi connectivity index (χ4v) is 3.72. The van der Waals surface area contributed by atoms with Crippen molar-refractivity contribution < 1.29 is 23.1 Å². The molecule has 162 valence electrons. The molecule has 2 N–H and O–H groups in total. The summed E-state index contributed by atoms with van der Waals surface area (Å²) in [5.74, 6) is -0.265. The van der Waals surface area contributed by atoms with Gasteiger partial charge in [0.25, 0.3) is 11.8 Å². The summed E-state index contributed by atoms with van der Waals surface area (Å²) in [5, 5.41) is 6.78. The molecule has 1 aromatic carbocycles. The van der Waals surface area contributed by atoms with Gasteiger partial charge < -0.3 is 19.8 Å². The monoisotopic (exact) mass is 425 g/mol. The number of aromatic nitrogens is 1. The topological polar surface area (TPSA) is 93.5 Å². The smallest absolute Gasteiger partial charge is 0.287 e. The number of carbonyl (C=O) groups excluding carboxylic acids is 2. The molecule has 0 unspecified atom stereocenters. The van der Waals surface area contributed by atoms with Crippen LogP contribution in [0.5, 0.6) is 5.75 Å². The first-order valence-electron chi connectivity index (χ1n) is 10.3. The van der Waals surface area contributed by atoms with E-state index in [2.05, 4.69) is 15.6 Å². The fraction of sp³-hybridized carbons (Fsp3) is 0.348. The van der Waals surface area contributed by atoms with Crippen molar-refractivity contribution >= 4 is 22.8 Å². The van der Waals surface area contributed by atoms with Crippen LogP contribution in [0.25, 0.3) is 11.0 Å². The van der Waals surface area contributed by atoms with E-state index >= 15 is 0 Å². The molecule has 0 saturated heterocycles. The molecule has 8 heteroatoms. The Morgan fingerprint density at radius 3 is 2.58 bits per heavy atom. The molecule has 31 heavy (non-hydrogen) atoms. The number of halogens is 1. The van der Waals surface area contributed by atoms with Gasteiger partial charge in [-0.25, -0.2) is 4.39 Å². The summed E-state index contributed by atoms with van der Waals surface area (Å²) in [7, 11) is 0. The lowest BCUT2D eigenvalue weighted by Gasteiger charge is -2.29. The highest BCUT2D eigenvalue weighted by Crippen LogP contribution is 2.21. The summed E-state index contributed by atoms with van der Waals surface area (Å²) in [6.45, 7) is 1.50. The molecule has 1 fully saturated rings. The van der Waals surface area contributed by atoms with Crippen molar-refractivity contribution in [2.45, 2.75) is 44.7 Å². The van der Waals surface area contributed by atoms with E-state index in [-0.39, 0.29) is 42.1 Å². The molecule has 1 aliphatic rings. The molecule has 7 nitrogen and oxygen atoms in total. The average molecular weight is 425 g/mol. The average Bonchev–Trinajstić information content (AvgIpc) is 3.20. The van der Waals surface area contributed by atoms with E-state index in [4.69, 9.17) is 9.15 Å². The van der Waals surface area contributed by atoms with Crippen molar-refractivity contribution in [1.29, 1.82) is 0 Å². The number of hydrogen-bond acceptors (Lipinski definition) is 5. The zero-order valence-electron chi connectivity index (χ0n) is 17.2. The minimum Gasteiger partial charge on any atom is -0.484 e. The van der Waals surface area contributed by atoms with E-state index in [0.717, 1.165) is 31.1 Å². The fourth-order valence-electron chi connectivity index (χ4n) is 3.72. The lowest BCUT2D eigenvalue weighted by Crippen LogP contribution is -2.44. The standard InChI is InChI=1S/C23H24FN3O4/c1-14-2-7-18(11-19(14)24)30-13-22(28)26-16-3-5-17(6-4-16)27-23(29)20-10-15-8-9-25-12-21(15)31-20/h2,7-12,16-17H,3-6,13H2,1H3,(H,26,28)(H,27,29). The van der Waals surface area contributed by atoms with Gasteiger partial charge in [0.2, 0.25) is 0 Å². The third-order valence-electron chi connectivity index (χ3n) is 5.49. The van der Waals surface area contributed by atoms with Crippen molar-refractivity contribution in [3.63, 3.8) is 0 Å². The number of carbonyl (C=O) groups is 2. The zero-order valence-corrected chi connectivity index (χ0v) is 17.2. The number of ether oxygens (including phenoxy) is 1. The van der Waals surface area contributed by atoms with Crippen LogP contribution in [0, 0.1) is 12.7 Å². The Kier molecular flexibility index (Phi) is 6.16. The Balaban J connectivity index is 1.20. The molecular weight excluding hydrogens is 401 g/mol. The summed E-state index contributed by atoms with van der Waals surface area (Å²) in [6, 6.07) is 8.07. The van der Waals surface area contributed by atoms with Crippen LogP contribution in [-0.4, -0.2) is 35.5 Å². The van der Waals surface area contributed by atoms with Gasteiger partial charge in [-0.15, -0.1) is 0 Å². The molecule has 1 aliphatic carbocycles. The number of hydrogen-bond donors (Lipinski definition) is 2. The summed E-state index contributed by atoms with van der Waals surface area (Å²) in [6.07, 6.45) is 6.24. The van der Waals surface area contributed by atoms with E-state index < -0.39 is 0 Å². The van der Waals surface area contributed by atoms with Crippen LogP contribution in [0.2, 0.25) is 0 Å². The Morgan fingerprint density at radius 2 is 1.87 bits per heavy atom. The lowest BCUT2D eigenvalue weighted by molar-refractivity contribution is -0.124. The highest BCUT2D eigenvalue weighted by Gasteiger charge is 2.25. The third-order valence-corrected chi connectivity index (χ3v) is 5.49. The number of pyridine rings is 1. The zero-order chi connectivity index (χ0) is 21.8. The van der Waals surface area contributed by atoms with Gasteiger partial charge in [0, 0.05) is 29.7 Å². The quantitative estimate of drug-likeness (QED) is 0.630. The van der Waals surface area contributed by atoms with Gasteiger partial charge in [0.15, 0.2) is 18.0 Å². The first-order valence-corrected chi connectivity index (χ1v) is 10.3. The number of rotatable bonds is 6. The molecule has 4 rings (SSSR count). The molecule has 0 radical (unpaired) electrons. The van der Waals surface area contributed by atoms with Crippen molar-refractivity contribution in [2.75, 3.05) is 6.61 Å². The molecule has 2 amide bonds. The number of amides is 2. The molecule has 1 saturated carbocycles. The Bertz CT molecular complexity index is 1060. The van der Waals surface area contributed by atoms with Crippen LogP contribution >= 0.6 is 0 Å². The van der Waals surface area contributed by atoms with Crippen LogP contribution < -0.4 is 15.4 Å². The number of benzene rings is 1. The van der Waals surface area contributed by atoms with Crippen LogP contribution in [0.15, 0.2) is 47.1 Å². The third kappa shape index (κ3) is 5.20. The predicted octanol–water partition coefficient (Wildman–Crippen LogP) is 3.51. The van der Waals surface area contributed by atoms with Gasteiger partial charge in [-0.3, -0.25) is 14.6 Å². The maximum absolute atomic E-state index is 13.5. The Morgan fingerprint density at radius 1 is 1.13 bits per heavy atom. The van der Waals surface area contributed by atoms with E-state index in [1.54, 1.807) is 43.6 Å². The van der Waals surface area contributed by atoms with Gasteiger partial charge in [0.05, 0.1) is 6.20 Å². The predicted molar refractivity (Wildman–Crippen MR) is 112 cm³/mol. The number of furan rings is 1. The molecule has 0 spiro atoms. The molecule has 2 heterocycles. The van der Waals surface area contributed by atoms with Crippen LogP contribution in [0.4, 0.5) is 4.39 Å². The summed E-state index contributed by atoms with van der Waals surface area (Å²) >= 11 is 0. The normalized spacial score (nSPS) is 18.5. The second-order valence-corrected chi connectivity index (χ2v) is 7.81. The maximum atomic E-state index is 13.5. The summed E-state index contributed by atoms with van der Waals surface area (Å²) < 4.78 is 24.5. The molecule has 0 atom stereocenters. The van der Waals surface area contributed by atoms with Gasteiger partial charge in [-0.1, -0.05) is 6.07 Å². The van der Waals surface area contributed by atoms with Crippen molar-refractivity contribution in [2.24, 2.45) is 0 Å². The summed E-state index contributed by atoms with van der Waals surface area (Å²) in [5.41, 5.74) is 1.10. The molecule has 0 bridgehead atoms.